The Kier molecular flexibility index (Phi) is 5.03. The van der Waals surface area contributed by atoms with E-state index in [4.69, 9.17) is 0 Å². The molecule has 0 amide bonds. The summed E-state index contributed by atoms with van der Waals surface area (Å²) in [6, 6.07) is 4.22. The Balaban J connectivity index is 0.000000291. The van der Waals surface area contributed by atoms with Gasteiger partial charge in [0.05, 0.1) is 0 Å². The molecule has 0 spiro atoms. The minimum atomic E-state index is 1.32. The van der Waals surface area contributed by atoms with Crippen LogP contribution >= 0.6 is 20.6 Å². The summed E-state index contributed by atoms with van der Waals surface area (Å²) < 4.78 is 1.32. The van der Waals surface area contributed by atoms with Gasteiger partial charge in [0.25, 0.3) is 0 Å². The third-order valence-electron chi connectivity index (χ3n) is 0.761. The van der Waals surface area contributed by atoms with Crippen LogP contribution in [0.4, 0.5) is 0 Å². The zero-order chi connectivity index (χ0) is 7.28. The average molecular weight is 160 g/mol. The standard InChI is InChI=1S/C5H7PS.C2H6/c1-4-2-3-5(6)7-4;1-2/h2-3H,6H2,1H3;1-2H3. The van der Waals surface area contributed by atoms with Gasteiger partial charge in [-0.05, 0) is 19.1 Å². The van der Waals surface area contributed by atoms with Crippen LogP contribution < -0.4 is 4.62 Å². The van der Waals surface area contributed by atoms with E-state index in [1.807, 2.05) is 13.8 Å². The minimum Gasteiger partial charge on any atom is -0.141 e. The summed E-state index contributed by atoms with van der Waals surface area (Å²) in [6.45, 7) is 6.11. The van der Waals surface area contributed by atoms with Gasteiger partial charge in [-0.15, -0.1) is 11.3 Å². The van der Waals surface area contributed by atoms with E-state index < -0.39 is 0 Å². The summed E-state index contributed by atoms with van der Waals surface area (Å²) >= 11 is 1.81. The molecule has 1 rings (SSSR count). The highest BCUT2D eigenvalue weighted by atomic mass is 32.1. The fraction of sp³-hybridized carbons (Fsp3) is 0.429. The number of hydrogen-bond acceptors (Lipinski definition) is 1. The predicted molar refractivity (Wildman–Crippen MR) is 49.7 cm³/mol. The molecule has 52 valence electrons. The van der Waals surface area contributed by atoms with E-state index in [-0.39, 0.29) is 0 Å². The molecule has 1 aromatic rings. The van der Waals surface area contributed by atoms with E-state index in [0.29, 0.717) is 0 Å². The van der Waals surface area contributed by atoms with E-state index in [1.54, 1.807) is 11.3 Å². The second kappa shape index (κ2) is 4.96. The van der Waals surface area contributed by atoms with Crippen LogP contribution in [0.2, 0.25) is 0 Å². The Bertz CT molecular complexity index is 141. The third-order valence-corrected chi connectivity index (χ3v) is 2.14. The van der Waals surface area contributed by atoms with Crippen molar-refractivity contribution in [2.24, 2.45) is 0 Å². The van der Waals surface area contributed by atoms with E-state index >= 15 is 0 Å². The summed E-state index contributed by atoms with van der Waals surface area (Å²) in [7, 11) is 2.67. The molecule has 0 nitrogen and oxygen atoms in total. The Morgan fingerprint density at radius 1 is 1.33 bits per heavy atom. The molecule has 2 heteroatoms. The van der Waals surface area contributed by atoms with Crippen molar-refractivity contribution in [2.75, 3.05) is 0 Å². The normalized spacial score (nSPS) is 8.00. The number of aryl methyl sites for hydroxylation is 1. The Morgan fingerprint density at radius 3 is 2.00 bits per heavy atom. The quantitative estimate of drug-likeness (QED) is 0.512. The van der Waals surface area contributed by atoms with Crippen LogP contribution in [0.25, 0.3) is 0 Å². The smallest absolute Gasteiger partial charge is 0.0219 e. The molecule has 0 aromatic carbocycles. The van der Waals surface area contributed by atoms with Crippen LogP contribution in [0.3, 0.4) is 0 Å². The molecule has 0 bridgehead atoms. The molecule has 9 heavy (non-hydrogen) atoms. The summed E-state index contributed by atoms with van der Waals surface area (Å²) in [5.41, 5.74) is 0. The Morgan fingerprint density at radius 2 is 1.89 bits per heavy atom. The van der Waals surface area contributed by atoms with Crippen LogP contribution in [0.5, 0.6) is 0 Å². The van der Waals surface area contributed by atoms with Gasteiger partial charge >= 0.3 is 0 Å². The number of rotatable bonds is 0. The van der Waals surface area contributed by atoms with Crippen molar-refractivity contribution in [3.8, 4) is 0 Å². The van der Waals surface area contributed by atoms with E-state index in [9.17, 15) is 0 Å². The second-order valence-electron chi connectivity index (χ2n) is 1.45. The Labute approximate surface area is 63.5 Å². The summed E-state index contributed by atoms with van der Waals surface area (Å²) in [5.74, 6) is 0. The van der Waals surface area contributed by atoms with Gasteiger partial charge in [-0.2, -0.15) is 0 Å². The number of hydrogen-bond donors (Lipinski definition) is 0. The van der Waals surface area contributed by atoms with Gasteiger partial charge in [-0.3, -0.25) is 0 Å². The van der Waals surface area contributed by atoms with Crippen LogP contribution in [0.15, 0.2) is 12.1 Å². The van der Waals surface area contributed by atoms with Crippen molar-refractivity contribution in [1.82, 2.24) is 0 Å². The van der Waals surface area contributed by atoms with E-state index in [1.165, 1.54) is 9.50 Å². The van der Waals surface area contributed by atoms with E-state index in [2.05, 4.69) is 28.3 Å². The molecule has 0 saturated carbocycles. The molecule has 0 N–H and O–H groups in total. The fourth-order valence-corrected chi connectivity index (χ4v) is 1.75. The fourth-order valence-electron chi connectivity index (χ4n) is 0.453. The predicted octanol–water partition coefficient (Wildman–Crippen LogP) is 2.58. The van der Waals surface area contributed by atoms with Gasteiger partial charge in [-0.1, -0.05) is 23.1 Å². The van der Waals surface area contributed by atoms with Gasteiger partial charge in [0.1, 0.15) is 0 Å². The maximum atomic E-state index is 2.67. The lowest BCUT2D eigenvalue weighted by Gasteiger charge is -1.71. The largest absolute Gasteiger partial charge is 0.141 e. The molecule has 0 saturated heterocycles. The lowest BCUT2D eigenvalue weighted by molar-refractivity contribution is 1.50. The highest BCUT2D eigenvalue weighted by Gasteiger charge is 1.84. The molecule has 1 atom stereocenters. The molecule has 0 aliphatic rings. The topological polar surface area (TPSA) is 0 Å². The van der Waals surface area contributed by atoms with Gasteiger partial charge in [0.15, 0.2) is 0 Å². The molecule has 1 heterocycles. The van der Waals surface area contributed by atoms with Crippen molar-refractivity contribution in [3.63, 3.8) is 0 Å². The van der Waals surface area contributed by atoms with Crippen molar-refractivity contribution in [2.45, 2.75) is 20.8 Å². The van der Waals surface area contributed by atoms with Gasteiger partial charge in [0, 0.05) is 9.50 Å². The summed E-state index contributed by atoms with van der Waals surface area (Å²) in [5, 5.41) is 0. The summed E-state index contributed by atoms with van der Waals surface area (Å²) in [4.78, 5) is 1.38. The van der Waals surface area contributed by atoms with Crippen molar-refractivity contribution >= 4 is 25.2 Å². The third kappa shape index (κ3) is 3.66. The molecule has 1 aromatic heterocycles. The zero-order valence-electron chi connectivity index (χ0n) is 6.14. The molecular formula is C7H13PS. The van der Waals surface area contributed by atoms with Crippen LogP contribution in [-0.2, 0) is 0 Å². The van der Waals surface area contributed by atoms with E-state index in [0.717, 1.165) is 0 Å². The zero-order valence-corrected chi connectivity index (χ0v) is 8.11. The van der Waals surface area contributed by atoms with Gasteiger partial charge in [-0.25, -0.2) is 0 Å². The molecule has 0 aliphatic heterocycles. The van der Waals surface area contributed by atoms with Crippen molar-refractivity contribution in [3.05, 3.63) is 17.0 Å². The first-order valence-corrected chi connectivity index (χ1v) is 4.50. The maximum absolute atomic E-state index is 2.67. The minimum absolute atomic E-state index is 1.32. The second-order valence-corrected chi connectivity index (χ2v) is 3.81. The molecular weight excluding hydrogens is 147 g/mol. The average Bonchev–Trinajstić information content (AvgIpc) is 2.20. The monoisotopic (exact) mass is 160 g/mol. The molecule has 0 fully saturated rings. The van der Waals surface area contributed by atoms with Crippen LogP contribution in [0, 0.1) is 6.92 Å². The lowest BCUT2D eigenvalue weighted by atomic mass is 10.5. The first-order valence-electron chi connectivity index (χ1n) is 3.11. The van der Waals surface area contributed by atoms with Gasteiger partial charge < -0.3 is 0 Å². The highest BCUT2D eigenvalue weighted by Crippen LogP contribution is 2.05. The van der Waals surface area contributed by atoms with Crippen LogP contribution in [0.1, 0.15) is 18.7 Å². The molecule has 0 radical (unpaired) electrons. The van der Waals surface area contributed by atoms with Gasteiger partial charge in [0.2, 0.25) is 0 Å². The number of thiophene rings is 1. The first-order chi connectivity index (χ1) is 4.29. The van der Waals surface area contributed by atoms with Crippen molar-refractivity contribution < 1.29 is 0 Å². The lowest BCUT2D eigenvalue weighted by Crippen LogP contribution is -1.69. The highest BCUT2D eigenvalue weighted by molar-refractivity contribution is 7.43. The summed E-state index contributed by atoms with van der Waals surface area (Å²) in [6.07, 6.45) is 0. The first kappa shape index (κ1) is 9.13. The van der Waals surface area contributed by atoms with Crippen molar-refractivity contribution in [1.29, 1.82) is 0 Å². The SMILES string of the molecule is CC.Cc1ccc(P)s1. The maximum Gasteiger partial charge on any atom is 0.0219 e. The Hall–Kier alpha value is 0.130. The molecule has 0 aliphatic carbocycles. The van der Waals surface area contributed by atoms with Crippen LogP contribution in [-0.4, -0.2) is 0 Å². The molecule has 1 unspecified atom stereocenters.